The van der Waals surface area contributed by atoms with Crippen LogP contribution in [0.3, 0.4) is 0 Å². The van der Waals surface area contributed by atoms with Crippen molar-refractivity contribution >= 4 is 28.9 Å². The Balaban J connectivity index is 1.95. The minimum atomic E-state index is 0.800. The third-order valence-corrected chi connectivity index (χ3v) is 3.60. The highest BCUT2D eigenvalue weighted by atomic mass is 32.1. The Morgan fingerprint density at radius 3 is 2.93 bits per heavy atom. The van der Waals surface area contributed by atoms with E-state index in [1.165, 1.54) is 14.6 Å². The molecule has 0 atom stereocenters. The summed E-state index contributed by atoms with van der Waals surface area (Å²) in [6, 6.07) is 8.40. The molecule has 0 saturated heterocycles. The molecule has 3 heteroatoms. The van der Waals surface area contributed by atoms with Gasteiger partial charge in [0.25, 0.3) is 0 Å². The van der Waals surface area contributed by atoms with Crippen LogP contribution in [0, 0.1) is 6.92 Å². The average Bonchev–Trinajstić information content (AvgIpc) is 2.77. The maximum absolute atomic E-state index is 4.39. The van der Waals surface area contributed by atoms with E-state index < -0.39 is 0 Å². The smallest absolute Gasteiger partial charge is 0.0733 e. The van der Waals surface area contributed by atoms with Crippen LogP contribution in [0.25, 0.3) is 0 Å². The highest BCUT2D eigenvalue weighted by molar-refractivity contribution is 7.13. The molecule has 0 radical (unpaired) electrons. The molecule has 0 saturated carbocycles. The summed E-state index contributed by atoms with van der Waals surface area (Å²) in [5.74, 6) is 0. The highest BCUT2D eigenvalue weighted by Gasteiger charge is 1.92. The van der Waals surface area contributed by atoms with Gasteiger partial charge in [-0.25, -0.2) is 0 Å². The Labute approximate surface area is 91.8 Å². The Hall–Kier alpha value is -0.930. The molecule has 0 aromatic carbocycles. The maximum atomic E-state index is 4.39. The quantitative estimate of drug-likeness (QED) is 0.700. The van der Waals surface area contributed by atoms with Crippen molar-refractivity contribution in [2.45, 2.75) is 13.5 Å². The second-order valence-electron chi connectivity index (χ2n) is 3.00. The molecule has 0 amide bonds. The molecule has 0 bridgehead atoms. The van der Waals surface area contributed by atoms with Gasteiger partial charge in [0.15, 0.2) is 0 Å². The van der Waals surface area contributed by atoms with Crippen molar-refractivity contribution in [3.05, 3.63) is 44.3 Å². The fourth-order valence-electron chi connectivity index (χ4n) is 1.15. The van der Waals surface area contributed by atoms with Gasteiger partial charge >= 0.3 is 0 Å². The van der Waals surface area contributed by atoms with Crippen LogP contribution in [0.4, 0.5) is 0 Å². The third kappa shape index (κ3) is 2.53. The van der Waals surface area contributed by atoms with Gasteiger partial charge in [0, 0.05) is 20.8 Å². The second kappa shape index (κ2) is 4.53. The lowest BCUT2D eigenvalue weighted by molar-refractivity contribution is 1.11. The molecule has 0 aliphatic heterocycles. The zero-order valence-corrected chi connectivity index (χ0v) is 9.57. The van der Waals surface area contributed by atoms with Gasteiger partial charge in [0.2, 0.25) is 0 Å². The van der Waals surface area contributed by atoms with Crippen LogP contribution in [0.5, 0.6) is 0 Å². The molecule has 2 rings (SSSR count). The minimum absolute atomic E-state index is 0.800. The second-order valence-corrected chi connectivity index (χ2v) is 5.35. The van der Waals surface area contributed by atoms with Crippen LogP contribution < -0.4 is 0 Å². The SMILES string of the molecule is Cc1ccc(C=NCc2cccs2)s1. The predicted octanol–water partition coefficient (Wildman–Crippen LogP) is 3.74. The summed E-state index contributed by atoms with van der Waals surface area (Å²) in [5.41, 5.74) is 0. The minimum Gasteiger partial charge on any atom is -0.286 e. The largest absolute Gasteiger partial charge is 0.286 e. The van der Waals surface area contributed by atoms with Gasteiger partial charge in [-0.05, 0) is 30.5 Å². The molecular formula is C11H11NS2. The standard InChI is InChI=1S/C11H11NS2/c1-9-4-5-11(14-9)8-12-7-10-3-2-6-13-10/h2-6,8H,7H2,1H3. The lowest BCUT2D eigenvalue weighted by Crippen LogP contribution is -1.76. The summed E-state index contributed by atoms with van der Waals surface area (Å²) in [4.78, 5) is 8.28. The molecule has 0 unspecified atom stereocenters. The van der Waals surface area contributed by atoms with E-state index in [9.17, 15) is 0 Å². The number of aryl methyl sites for hydroxylation is 1. The first-order valence-corrected chi connectivity index (χ1v) is 6.13. The van der Waals surface area contributed by atoms with Crippen molar-refractivity contribution < 1.29 is 0 Å². The number of aliphatic imine (C=N–C) groups is 1. The summed E-state index contributed by atoms with van der Waals surface area (Å²) in [7, 11) is 0. The van der Waals surface area contributed by atoms with E-state index in [4.69, 9.17) is 0 Å². The third-order valence-electron chi connectivity index (χ3n) is 1.81. The first-order valence-electron chi connectivity index (χ1n) is 4.43. The fourth-order valence-corrected chi connectivity index (χ4v) is 2.56. The molecular weight excluding hydrogens is 210 g/mol. The molecule has 0 spiro atoms. The maximum Gasteiger partial charge on any atom is 0.0733 e. The topological polar surface area (TPSA) is 12.4 Å². The summed E-state index contributed by atoms with van der Waals surface area (Å²) in [5, 5.41) is 2.08. The average molecular weight is 221 g/mol. The van der Waals surface area contributed by atoms with Crippen molar-refractivity contribution in [3.8, 4) is 0 Å². The molecule has 0 aliphatic rings. The van der Waals surface area contributed by atoms with Crippen molar-refractivity contribution in [3.63, 3.8) is 0 Å². The van der Waals surface area contributed by atoms with Gasteiger partial charge in [-0.1, -0.05) is 6.07 Å². The molecule has 0 aliphatic carbocycles. The Kier molecular flexibility index (Phi) is 3.11. The molecule has 0 N–H and O–H groups in total. The van der Waals surface area contributed by atoms with Crippen molar-refractivity contribution in [2.75, 3.05) is 0 Å². The van der Waals surface area contributed by atoms with E-state index in [1.807, 2.05) is 6.21 Å². The molecule has 2 aromatic rings. The van der Waals surface area contributed by atoms with Crippen LogP contribution in [-0.2, 0) is 6.54 Å². The Morgan fingerprint density at radius 2 is 2.29 bits per heavy atom. The molecule has 2 aromatic heterocycles. The van der Waals surface area contributed by atoms with Gasteiger partial charge in [0.05, 0.1) is 6.54 Å². The number of hydrogen-bond donors (Lipinski definition) is 0. The van der Waals surface area contributed by atoms with E-state index in [1.54, 1.807) is 22.7 Å². The summed E-state index contributed by atoms with van der Waals surface area (Å²) in [6.45, 7) is 2.91. The van der Waals surface area contributed by atoms with Crippen LogP contribution in [0.15, 0.2) is 34.6 Å². The van der Waals surface area contributed by atoms with E-state index in [-0.39, 0.29) is 0 Å². The first-order chi connectivity index (χ1) is 6.84. The van der Waals surface area contributed by atoms with Gasteiger partial charge in [0.1, 0.15) is 0 Å². The van der Waals surface area contributed by atoms with Crippen molar-refractivity contribution in [1.82, 2.24) is 0 Å². The molecule has 14 heavy (non-hydrogen) atoms. The van der Waals surface area contributed by atoms with Crippen molar-refractivity contribution in [2.24, 2.45) is 4.99 Å². The zero-order valence-electron chi connectivity index (χ0n) is 7.93. The lowest BCUT2D eigenvalue weighted by Gasteiger charge is -1.87. The van der Waals surface area contributed by atoms with Crippen LogP contribution in [0.2, 0.25) is 0 Å². The van der Waals surface area contributed by atoms with Crippen LogP contribution in [-0.4, -0.2) is 6.21 Å². The van der Waals surface area contributed by atoms with E-state index in [0.717, 1.165) is 6.54 Å². The normalized spacial score (nSPS) is 11.2. The lowest BCUT2D eigenvalue weighted by atomic mass is 10.4. The van der Waals surface area contributed by atoms with Gasteiger partial charge in [-0.15, -0.1) is 22.7 Å². The van der Waals surface area contributed by atoms with Crippen LogP contribution in [0.1, 0.15) is 14.6 Å². The van der Waals surface area contributed by atoms with E-state index >= 15 is 0 Å². The van der Waals surface area contributed by atoms with Crippen molar-refractivity contribution in [1.29, 1.82) is 0 Å². The predicted molar refractivity (Wildman–Crippen MR) is 64.7 cm³/mol. The highest BCUT2D eigenvalue weighted by Crippen LogP contribution is 2.13. The van der Waals surface area contributed by atoms with Crippen LogP contribution >= 0.6 is 22.7 Å². The van der Waals surface area contributed by atoms with Gasteiger partial charge < -0.3 is 0 Å². The molecule has 2 heterocycles. The Bertz CT molecular complexity index is 412. The Morgan fingerprint density at radius 1 is 1.36 bits per heavy atom. The molecule has 0 fully saturated rings. The summed E-state index contributed by atoms with van der Waals surface area (Å²) < 4.78 is 0. The van der Waals surface area contributed by atoms with Gasteiger partial charge in [-0.2, -0.15) is 0 Å². The molecule has 72 valence electrons. The monoisotopic (exact) mass is 221 g/mol. The molecule has 1 nitrogen and oxygen atoms in total. The van der Waals surface area contributed by atoms with E-state index in [2.05, 4.69) is 41.6 Å². The number of thiophene rings is 2. The first kappa shape index (κ1) is 9.62. The number of hydrogen-bond acceptors (Lipinski definition) is 3. The number of nitrogens with zero attached hydrogens (tertiary/aromatic N) is 1. The fraction of sp³-hybridized carbons (Fsp3) is 0.182. The summed E-state index contributed by atoms with van der Waals surface area (Å²) >= 11 is 3.53. The zero-order chi connectivity index (χ0) is 9.80. The van der Waals surface area contributed by atoms with Gasteiger partial charge in [-0.3, -0.25) is 4.99 Å². The summed E-state index contributed by atoms with van der Waals surface area (Å²) in [6.07, 6.45) is 1.96. The van der Waals surface area contributed by atoms with E-state index in [0.29, 0.717) is 0 Å². The number of rotatable bonds is 3.